The van der Waals surface area contributed by atoms with Crippen molar-refractivity contribution in [2.75, 3.05) is 65.8 Å². The Kier molecular flexibility index (Phi) is 31.3. The molecule has 6 N–H and O–H groups in total. The first-order chi connectivity index (χ1) is 26.8. The van der Waals surface area contributed by atoms with Gasteiger partial charge in [-0.1, -0.05) is 53.4 Å². The first-order valence-electron chi connectivity index (χ1n) is 21.3. The van der Waals surface area contributed by atoms with Gasteiger partial charge in [-0.3, -0.25) is 9.59 Å². The van der Waals surface area contributed by atoms with Gasteiger partial charge in [0.2, 0.25) is 11.8 Å². The SMILES string of the molecule is CCO[Si](CCCNC(=O)N[C@H](C(=O)NCCCCCCCCNC(=O)[C@@H](NC(=O)NCCC[Si](OCC)(OCC)OCC)C(C)C)C(C)C)(OCC)OCC. The van der Waals surface area contributed by atoms with Crippen molar-refractivity contribution in [2.45, 2.75) is 145 Å². The summed E-state index contributed by atoms with van der Waals surface area (Å²) in [5, 5.41) is 17.3. The molecule has 0 aromatic carbocycles. The van der Waals surface area contributed by atoms with Crippen LogP contribution in [0, 0.1) is 11.8 Å². The van der Waals surface area contributed by atoms with Gasteiger partial charge in [-0.2, -0.15) is 0 Å². The Hall–Kier alpha value is -2.33. The molecule has 2 atom stereocenters. The molecular weight excluding hydrogens is 757 g/mol. The molecule has 330 valence electrons. The third kappa shape index (κ3) is 23.8. The normalized spacial score (nSPS) is 13.0. The van der Waals surface area contributed by atoms with Gasteiger partial charge in [0, 0.05) is 77.9 Å². The average Bonchev–Trinajstić information content (AvgIpc) is 3.14. The van der Waals surface area contributed by atoms with E-state index in [1.54, 1.807) is 0 Å². The van der Waals surface area contributed by atoms with E-state index in [2.05, 4.69) is 31.9 Å². The molecule has 6 amide bonds. The monoisotopic (exact) mass is 837 g/mol. The number of carbonyl (C=O) groups excluding carboxylic acids is 4. The zero-order chi connectivity index (χ0) is 42.2. The number of urea groups is 2. The van der Waals surface area contributed by atoms with Gasteiger partial charge in [-0.05, 0) is 79.1 Å². The quantitative estimate of drug-likeness (QED) is 0.0370. The van der Waals surface area contributed by atoms with Gasteiger partial charge in [0.25, 0.3) is 0 Å². The molecule has 0 aliphatic rings. The van der Waals surface area contributed by atoms with Crippen LogP contribution in [-0.4, -0.2) is 119 Å². The fourth-order valence-corrected chi connectivity index (χ4v) is 11.3. The van der Waals surface area contributed by atoms with E-state index < -0.39 is 29.7 Å². The lowest BCUT2D eigenvalue weighted by atomic mass is 10.0. The topological polar surface area (TPSA) is 196 Å². The predicted octanol–water partition coefficient (Wildman–Crippen LogP) is 5.08. The predicted molar refractivity (Wildman–Crippen MR) is 224 cm³/mol. The van der Waals surface area contributed by atoms with Crippen LogP contribution in [0.15, 0.2) is 0 Å². The summed E-state index contributed by atoms with van der Waals surface area (Å²) in [5.41, 5.74) is 0. The van der Waals surface area contributed by atoms with E-state index in [1.807, 2.05) is 69.2 Å². The largest absolute Gasteiger partial charge is 0.500 e. The van der Waals surface area contributed by atoms with Crippen LogP contribution in [0.25, 0.3) is 0 Å². The van der Waals surface area contributed by atoms with E-state index in [4.69, 9.17) is 26.6 Å². The van der Waals surface area contributed by atoms with Crippen molar-refractivity contribution in [1.29, 1.82) is 0 Å². The lowest BCUT2D eigenvalue weighted by Gasteiger charge is -2.28. The Balaban J connectivity index is 4.36. The highest BCUT2D eigenvalue weighted by atomic mass is 28.4. The van der Waals surface area contributed by atoms with Crippen molar-refractivity contribution >= 4 is 41.5 Å². The van der Waals surface area contributed by atoms with Crippen molar-refractivity contribution in [3.05, 3.63) is 0 Å². The van der Waals surface area contributed by atoms with Gasteiger partial charge in [-0.25, -0.2) is 9.59 Å². The molecule has 0 saturated carbocycles. The maximum atomic E-state index is 12.9. The standard InChI is InChI=1S/C38H80N6O10Si2/c1-11-49-55(50-12-2,51-13-3)29-23-27-41-37(47)43-33(31(7)8)35(45)39-25-21-19-17-18-20-22-26-40-36(46)34(32(9)10)44-38(48)42-28-24-30-56(52-14-4,53-15-5)54-16-6/h31-34H,11-30H2,1-10H3,(H,39,45)(H,40,46)(H2,41,43,47)(H2,42,44,48)/t33-,34-/m0/s1. The Labute approximate surface area is 340 Å². The van der Waals surface area contributed by atoms with E-state index in [0.29, 0.717) is 90.8 Å². The summed E-state index contributed by atoms with van der Waals surface area (Å²) in [6, 6.07) is -0.875. The smallest absolute Gasteiger partial charge is 0.374 e. The van der Waals surface area contributed by atoms with Crippen molar-refractivity contribution in [1.82, 2.24) is 31.9 Å². The second kappa shape index (κ2) is 32.6. The molecule has 16 nitrogen and oxygen atoms in total. The van der Waals surface area contributed by atoms with E-state index in [9.17, 15) is 19.2 Å². The molecule has 0 aliphatic heterocycles. The molecule has 0 unspecified atom stereocenters. The second-order valence-electron chi connectivity index (χ2n) is 14.1. The van der Waals surface area contributed by atoms with Gasteiger partial charge in [0.15, 0.2) is 0 Å². The van der Waals surface area contributed by atoms with Crippen LogP contribution in [0.5, 0.6) is 0 Å². The lowest BCUT2D eigenvalue weighted by molar-refractivity contribution is -0.124. The minimum atomic E-state index is -2.77. The molecule has 0 aromatic rings. The van der Waals surface area contributed by atoms with Crippen molar-refractivity contribution < 1.29 is 45.7 Å². The summed E-state index contributed by atoms with van der Waals surface area (Å²) in [5.74, 6) is -0.550. The Bertz CT molecular complexity index is 949. The third-order valence-corrected chi connectivity index (χ3v) is 15.1. The minimum absolute atomic E-state index is 0.0787. The summed E-state index contributed by atoms with van der Waals surface area (Å²) in [6.07, 6.45) is 6.89. The van der Waals surface area contributed by atoms with Crippen molar-refractivity contribution in [2.24, 2.45) is 11.8 Å². The van der Waals surface area contributed by atoms with Gasteiger partial charge >= 0.3 is 29.7 Å². The summed E-state index contributed by atoms with van der Waals surface area (Å²) >= 11 is 0. The highest BCUT2D eigenvalue weighted by Gasteiger charge is 2.40. The first kappa shape index (κ1) is 53.7. The van der Waals surface area contributed by atoms with Gasteiger partial charge in [0.05, 0.1) is 0 Å². The Morgan fingerprint density at radius 1 is 0.411 bits per heavy atom. The van der Waals surface area contributed by atoms with Crippen molar-refractivity contribution in [3.8, 4) is 0 Å². The second-order valence-corrected chi connectivity index (χ2v) is 19.6. The van der Waals surface area contributed by atoms with E-state index in [0.717, 1.165) is 38.5 Å². The summed E-state index contributed by atoms with van der Waals surface area (Å²) in [4.78, 5) is 51.0. The fraction of sp³-hybridized carbons (Fsp3) is 0.895. The zero-order valence-corrected chi connectivity index (χ0v) is 38.5. The lowest BCUT2D eigenvalue weighted by Crippen LogP contribution is -2.53. The molecule has 56 heavy (non-hydrogen) atoms. The minimum Gasteiger partial charge on any atom is -0.374 e. The van der Waals surface area contributed by atoms with Crippen LogP contribution in [0.1, 0.15) is 121 Å². The number of carbonyl (C=O) groups is 4. The summed E-state index contributed by atoms with van der Waals surface area (Å²) < 4.78 is 35.2. The number of unbranched alkanes of at least 4 members (excludes halogenated alkanes) is 5. The van der Waals surface area contributed by atoms with Gasteiger partial charge in [0.1, 0.15) is 12.1 Å². The first-order valence-corrected chi connectivity index (χ1v) is 25.1. The van der Waals surface area contributed by atoms with Crippen molar-refractivity contribution in [3.63, 3.8) is 0 Å². The van der Waals surface area contributed by atoms with E-state index >= 15 is 0 Å². The van der Waals surface area contributed by atoms with E-state index in [1.165, 1.54) is 0 Å². The highest BCUT2D eigenvalue weighted by Crippen LogP contribution is 2.19. The molecule has 0 aliphatic carbocycles. The van der Waals surface area contributed by atoms with Crippen LogP contribution in [-0.2, 0) is 36.1 Å². The third-order valence-electron chi connectivity index (χ3n) is 8.75. The number of nitrogens with one attached hydrogen (secondary N) is 6. The van der Waals surface area contributed by atoms with Crippen LogP contribution < -0.4 is 31.9 Å². The molecule has 0 spiro atoms. The molecule has 18 heteroatoms. The highest BCUT2D eigenvalue weighted by molar-refractivity contribution is 6.61. The maximum absolute atomic E-state index is 12.9. The Morgan fingerprint density at radius 2 is 0.679 bits per heavy atom. The molecule has 0 bridgehead atoms. The van der Waals surface area contributed by atoms with Crippen LogP contribution in [0.2, 0.25) is 12.1 Å². The number of amides is 6. The molecule has 0 fully saturated rings. The fourth-order valence-electron chi connectivity index (χ4n) is 6.07. The van der Waals surface area contributed by atoms with Crippen LogP contribution >= 0.6 is 0 Å². The molecule has 0 rings (SSSR count). The molecule has 0 radical (unpaired) electrons. The number of rotatable bonds is 35. The Morgan fingerprint density at radius 3 is 0.946 bits per heavy atom. The van der Waals surface area contributed by atoms with E-state index in [-0.39, 0.29) is 35.7 Å². The molecular formula is C38H80N6O10Si2. The van der Waals surface area contributed by atoms with Gasteiger partial charge in [-0.15, -0.1) is 0 Å². The molecule has 0 saturated heterocycles. The summed E-state index contributed by atoms with van der Waals surface area (Å²) in [6.45, 7) is 24.0. The van der Waals surface area contributed by atoms with Crippen LogP contribution in [0.3, 0.4) is 0 Å². The number of hydrogen-bond donors (Lipinski definition) is 6. The average molecular weight is 837 g/mol. The van der Waals surface area contributed by atoms with Gasteiger partial charge < -0.3 is 58.5 Å². The zero-order valence-electron chi connectivity index (χ0n) is 36.5. The molecule has 0 heterocycles. The molecule has 0 aromatic heterocycles. The van der Waals surface area contributed by atoms with Crippen LogP contribution in [0.4, 0.5) is 9.59 Å². The maximum Gasteiger partial charge on any atom is 0.500 e. The number of hydrogen-bond acceptors (Lipinski definition) is 10. The summed E-state index contributed by atoms with van der Waals surface area (Å²) in [7, 11) is -5.54.